The van der Waals surface area contributed by atoms with E-state index in [1.165, 1.54) is 6.92 Å². The van der Waals surface area contributed by atoms with Gasteiger partial charge < -0.3 is 4.90 Å². The average Bonchev–Trinajstić information content (AvgIpc) is 3.47. The zero-order chi connectivity index (χ0) is 19.7. The van der Waals surface area contributed by atoms with Crippen molar-refractivity contribution in [3.05, 3.63) is 71.7 Å². The molecular weight excluding hydrogens is 352 g/mol. The molecule has 1 aliphatic rings. The van der Waals surface area contributed by atoms with Crippen molar-refractivity contribution < 1.29 is 9.59 Å². The molecule has 142 valence electrons. The summed E-state index contributed by atoms with van der Waals surface area (Å²) in [6.07, 6.45) is 7.41. The van der Waals surface area contributed by atoms with Crippen molar-refractivity contribution in [1.82, 2.24) is 19.7 Å². The zero-order valence-electron chi connectivity index (χ0n) is 16.0. The largest absolute Gasteiger partial charge is 0.331 e. The van der Waals surface area contributed by atoms with Gasteiger partial charge in [0.05, 0.1) is 11.9 Å². The third-order valence-electron chi connectivity index (χ3n) is 4.94. The summed E-state index contributed by atoms with van der Waals surface area (Å²) in [5, 5.41) is 4.20. The Bertz CT molecular complexity index is 1020. The van der Waals surface area contributed by atoms with E-state index in [4.69, 9.17) is 0 Å². The molecule has 1 amide bonds. The van der Waals surface area contributed by atoms with Crippen LogP contribution >= 0.6 is 0 Å². The van der Waals surface area contributed by atoms with Crippen LogP contribution in [0.5, 0.6) is 0 Å². The van der Waals surface area contributed by atoms with Gasteiger partial charge in [0.1, 0.15) is 0 Å². The molecule has 2 heterocycles. The Labute approximate surface area is 163 Å². The summed E-state index contributed by atoms with van der Waals surface area (Å²) >= 11 is 0. The first-order valence-electron chi connectivity index (χ1n) is 9.37. The van der Waals surface area contributed by atoms with E-state index in [-0.39, 0.29) is 11.7 Å². The van der Waals surface area contributed by atoms with Gasteiger partial charge in [0.25, 0.3) is 5.91 Å². The van der Waals surface area contributed by atoms with Crippen molar-refractivity contribution in [1.29, 1.82) is 0 Å². The molecule has 6 heteroatoms. The van der Waals surface area contributed by atoms with E-state index in [2.05, 4.69) is 10.1 Å². The monoisotopic (exact) mass is 374 g/mol. The fraction of sp³-hybridized carbons (Fsp3) is 0.273. The van der Waals surface area contributed by atoms with Gasteiger partial charge in [-0.05, 0) is 44.0 Å². The molecule has 0 spiro atoms. The molecule has 6 nitrogen and oxygen atoms in total. The van der Waals surface area contributed by atoms with Crippen molar-refractivity contribution in [3.8, 4) is 11.3 Å². The SMILES string of the molecule is CC(=O)c1ccc(-c2cccc(C(=O)N(Cc3cnn(C)c3)C3CC3)c2)nc1. The Kier molecular flexibility index (Phi) is 4.77. The number of aromatic nitrogens is 3. The van der Waals surface area contributed by atoms with Gasteiger partial charge in [0.15, 0.2) is 5.78 Å². The molecule has 1 fully saturated rings. The molecule has 0 saturated heterocycles. The zero-order valence-corrected chi connectivity index (χ0v) is 16.0. The van der Waals surface area contributed by atoms with E-state index < -0.39 is 0 Å². The fourth-order valence-corrected chi connectivity index (χ4v) is 3.25. The third kappa shape index (κ3) is 3.86. The minimum absolute atomic E-state index is 0.0153. The number of pyridine rings is 1. The predicted octanol–water partition coefficient (Wildman–Crippen LogP) is 3.49. The average molecular weight is 374 g/mol. The molecule has 0 radical (unpaired) electrons. The van der Waals surface area contributed by atoms with Gasteiger partial charge in [-0.3, -0.25) is 19.3 Å². The molecule has 2 aromatic heterocycles. The molecule has 1 saturated carbocycles. The first-order chi connectivity index (χ1) is 13.5. The normalized spacial score (nSPS) is 13.4. The van der Waals surface area contributed by atoms with E-state index in [9.17, 15) is 9.59 Å². The Morgan fingerprint density at radius 2 is 1.96 bits per heavy atom. The maximum absolute atomic E-state index is 13.2. The Balaban J connectivity index is 1.58. The fourth-order valence-electron chi connectivity index (χ4n) is 3.25. The first-order valence-corrected chi connectivity index (χ1v) is 9.37. The summed E-state index contributed by atoms with van der Waals surface area (Å²) in [5.74, 6) is 0.00650. The molecule has 0 bridgehead atoms. The lowest BCUT2D eigenvalue weighted by Gasteiger charge is -2.22. The van der Waals surface area contributed by atoms with Gasteiger partial charge in [-0.2, -0.15) is 5.10 Å². The number of rotatable bonds is 6. The van der Waals surface area contributed by atoms with Crippen LogP contribution < -0.4 is 0 Å². The molecule has 3 aromatic rings. The van der Waals surface area contributed by atoms with Crippen LogP contribution in [-0.2, 0) is 13.6 Å². The number of nitrogens with zero attached hydrogens (tertiary/aromatic N) is 4. The third-order valence-corrected chi connectivity index (χ3v) is 4.94. The smallest absolute Gasteiger partial charge is 0.254 e. The summed E-state index contributed by atoms with van der Waals surface area (Å²) in [4.78, 5) is 30.9. The molecule has 1 aliphatic carbocycles. The minimum atomic E-state index is -0.0153. The molecule has 4 rings (SSSR count). The standard InChI is InChI=1S/C22H22N4O2/c1-15(27)19-6-9-21(23-12-19)17-4-3-5-18(10-17)22(28)26(20-7-8-20)14-16-11-24-25(2)13-16/h3-6,9-13,20H,7-8,14H2,1-2H3. The van der Waals surface area contributed by atoms with Crippen LogP contribution in [0.1, 0.15) is 46.0 Å². The number of aryl methyl sites for hydroxylation is 1. The lowest BCUT2D eigenvalue weighted by molar-refractivity contribution is 0.0729. The van der Waals surface area contributed by atoms with Crippen molar-refractivity contribution in [3.63, 3.8) is 0 Å². The lowest BCUT2D eigenvalue weighted by atomic mass is 10.1. The number of carbonyl (C=O) groups is 2. The predicted molar refractivity (Wildman–Crippen MR) is 106 cm³/mol. The van der Waals surface area contributed by atoms with Crippen molar-refractivity contribution in [2.24, 2.45) is 7.05 Å². The van der Waals surface area contributed by atoms with Crippen molar-refractivity contribution in [2.75, 3.05) is 0 Å². The second-order valence-corrected chi connectivity index (χ2v) is 7.26. The maximum Gasteiger partial charge on any atom is 0.254 e. The highest BCUT2D eigenvalue weighted by atomic mass is 16.2. The molecule has 0 aliphatic heterocycles. The summed E-state index contributed by atoms with van der Waals surface area (Å²) < 4.78 is 1.75. The van der Waals surface area contributed by atoms with Gasteiger partial charge in [-0.15, -0.1) is 0 Å². The minimum Gasteiger partial charge on any atom is -0.331 e. The number of ketones is 1. The number of hydrogen-bond acceptors (Lipinski definition) is 4. The second kappa shape index (κ2) is 7.38. The molecule has 0 unspecified atom stereocenters. The Morgan fingerprint density at radius 1 is 1.14 bits per heavy atom. The van der Waals surface area contributed by atoms with E-state index in [1.54, 1.807) is 23.1 Å². The number of hydrogen-bond donors (Lipinski definition) is 0. The number of carbonyl (C=O) groups excluding carboxylic acids is 2. The van der Waals surface area contributed by atoms with Gasteiger partial charge >= 0.3 is 0 Å². The van der Waals surface area contributed by atoms with Crippen LogP contribution in [-0.4, -0.2) is 37.4 Å². The highest BCUT2D eigenvalue weighted by Gasteiger charge is 2.33. The lowest BCUT2D eigenvalue weighted by Crippen LogP contribution is -2.32. The summed E-state index contributed by atoms with van der Waals surface area (Å²) in [5.41, 5.74) is 3.85. The summed E-state index contributed by atoms with van der Waals surface area (Å²) in [6, 6.07) is 11.4. The van der Waals surface area contributed by atoms with Gasteiger partial charge in [0, 0.05) is 54.3 Å². The maximum atomic E-state index is 13.2. The summed E-state index contributed by atoms with van der Waals surface area (Å²) in [7, 11) is 1.88. The van der Waals surface area contributed by atoms with Crippen molar-refractivity contribution in [2.45, 2.75) is 32.4 Å². The van der Waals surface area contributed by atoms with E-state index in [0.717, 1.165) is 29.7 Å². The van der Waals surface area contributed by atoms with Gasteiger partial charge in [0.2, 0.25) is 0 Å². The van der Waals surface area contributed by atoms with Crippen LogP contribution in [0.2, 0.25) is 0 Å². The van der Waals surface area contributed by atoms with E-state index in [0.29, 0.717) is 23.7 Å². The quantitative estimate of drug-likeness (QED) is 0.620. The highest BCUT2D eigenvalue weighted by molar-refractivity contribution is 5.96. The van der Waals surface area contributed by atoms with Crippen LogP contribution in [0.4, 0.5) is 0 Å². The molecule has 1 aromatic carbocycles. The second-order valence-electron chi connectivity index (χ2n) is 7.26. The van der Waals surface area contributed by atoms with Crippen molar-refractivity contribution >= 4 is 11.7 Å². The molecule has 0 atom stereocenters. The van der Waals surface area contributed by atoms with Crippen LogP contribution in [0.25, 0.3) is 11.3 Å². The topological polar surface area (TPSA) is 68.1 Å². The Hall–Kier alpha value is -3.28. The van der Waals surface area contributed by atoms with Crippen LogP contribution in [0, 0.1) is 0 Å². The van der Waals surface area contributed by atoms with E-state index >= 15 is 0 Å². The molecule has 28 heavy (non-hydrogen) atoms. The molecule has 0 N–H and O–H groups in total. The number of benzene rings is 1. The van der Waals surface area contributed by atoms with Gasteiger partial charge in [-0.1, -0.05) is 12.1 Å². The Morgan fingerprint density at radius 3 is 2.57 bits per heavy atom. The molecular formula is C22H22N4O2. The number of Topliss-reactive ketones (excluding diaryl/α,β-unsaturated/α-hetero) is 1. The van der Waals surface area contributed by atoms with Gasteiger partial charge in [-0.25, -0.2) is 0 Å². The highest BCUT2D eigenvalue weighted by Crippen LogP contribution is 2.30. The first kappa shape index (κ1) is 18.1. The number of amides is 1. The van der Waals surface area contributed by atoms with Crippen LogP contribution in [0.15, 0.2) is 55.0 Å². The van der Waals surface area contributed by atoms with E-state index in [1.807, 2.05) is 48.5 Å². The van der Waals surface area contributed by atoms with Crippen LogP contribution in [0.3, 0.4) is 0 Å². The summed E-state index contributed by atoms with van der Waals surface area (Å²) in [6.45, 7) is 2.08.